The first-order chi connectivity index (χ1) is 9.14. The number of fused-ring (bicyclic) bond motifs is 1. The Morgan fingerprint density at radius 2 is 1.70 bits per heavy atom. The van der Waals surface area contributed by atoms with E-state index in [-0.39, 0.29) is 10.5 Å². The van der Waals surface area contributed by atoms with Gasteiger partial charge in [0.1, 0.15) is 0 Å². The Labute approximate surface area is 126 Å². The number of alkyl halides is 1. The van der Waals surface area contributed by atoms with E-state index in [1.165, 1.54) is 6.26 Å². The molecule has 2 aromatic rings. The fraction of sp³-hybridized carbons (Fsp3) is 0.462. The second-order valence-corrected chi connectivity index (χ2v) is 8.47. The normalized spacial score (nSPS) is 15.4. The van der Waals surface area contributed by atoms with Crippen molar-refractivity contribution in [2.45, 2.75) is 17.0 Å². The second kappa shape index (κ2) is 5.04. The maximum Gasteiger partial charge on any atom is 0.328 e. The molecule has 2 rings (SSSR count). The van der Waals surface area contributed by atoms with Crippen molar-refractivity contribution in [2.75, 3.05) is 6.26 Å². The van der Waals surface area contributed by atoms with Gasteiger partial charge < -0.3 is 0 Å². The summed E-state index contributed by atoms with van der Waals surface area (Å²) in [5.41, 5.74) is 2.36. The molecule has 7 heteroatoms. The Kier molecular flexibility index (Phi) is 3.85. The number of hydrogen-bond acceptors (Lipinski definition) is 3. The third-order valence-corrected chi connectivity index (χ3v) is 7.00. The smallest absolute Gasteiger partial charge is 0.295 e. The van der Waals surface area contributed by atoms with Crippen molar-refractivity contribution < 1.29 is 8.42 Å². The molecule has 0 N–H and O–H groups in total. The Hall–Kier alpha value is -1.08. The molecule has 0 aliphatic heterocycles. The summed E-state index contributed by atoms with van der Waals surface area (Å²) in [7, 11) is 0.286. The second-order valence-electron chi connectivity index (χ2n) is 5.09. The van der Waals surface area contributed by atoms with Crippen molar-refractivity contribution in [2.24, 2.45) is 14.1 Å². The minimum atomic E-state index is -3.14. The minimum Gasteiger partial charge on any atom is -0.295 e. The maximum atomic E-state index is 11.9. The van der Waals surface area contributed by atoms with Crippen molar-refractivity contribution in [1.82, 2.24) is 9.13 Å². The molecule has 0 fully saturated rings. The fourth-order valence-electron chi connectivity index (χ4n) is 2.18. The molecule has 1 aromatic carbocycles. The summed E-state index contributed by atoms with van der Waals surface area (Å²) in [6, 6.07) is 5.55. The highest BCUT2D eigenvalue weighted by atomic mass is 79.9. The van der Waals surface area contributed by atoms with Crippen LogP contribution in [-0.4, -0.2) is 29.1 Å². The zero-order valence-electron chi connectivity index (χ0n) is 11.8. The SMILES string of the molecule is CC(C(Br)c1ccc2c(c1)n(C)c(=O)n2C)S(C)(=O)=O. The first kappa shape index (κ1) is 15.3. The van der Waals surface area contributed by atoms with Crippen molar-refractivity contribution >= 4 is 36.8 Å². The summed E-state index contributed by atoms with van der Waals surface area (Å²) in [4.78, 5) is 11.6. The van der Waals surface area contributed by atoms with E-state index in [0.717, 1.165) is 16.6 Å². The highest BCUT2D eigenvalue weighted by Crippen LogP contribution is 2.31. The van der Waals surface area contributed by atoms with E-state index < -0.39 is 15.1 Å². The van der Waals surface area contributed by atoms with Crippen molar-refractivity contribution in [3.05, 3.63) is 34.2 Å². The van der Waals surface area contributed by atoms with E-state index in [4.69, 9.17) is 0 Å². The summed E-state index contributed by atoms with van der Waals surface area (Å²) in [6.45, 7) is 1.67. The van der Waals surface area contributed by atoms with Gasteiger partial charge in [-0.2, -0.15) is 0 Å². The molecule has 0 aliphatic rings. The molecular formula is C13H17BrN2O3S. The maximum absolute atomic E-state index is 11.9. The van der Waals surface area contributed by atoms with Crippen molar-refractivity contribution in [1.29, 1.82) is 0 Å². The number of halogens is 1. The van der Waals surface area contributed by atoms with E-state index in [0.29, 0.717) is 0 Å². The lowest BCUT2D eigenvalue weighted by atomic mass is 10.1. The molecule has 1 heterocycles. The van der Waals surface area contributed by atoms with Gasteiger partial charge in [-0.1, -0.05) is 22.0 Å². The minimum absolute atomic E-state index is 0.0977. The number of hydrogen-bond donors (Lipinski definition) is 0. The monoisotopic (exact) mass is 360 g/mol. The molecular weight excluding hydrogens is 344 g/mol. The van der Waals surface area contributed by atoms with Crippen molar-refractivity contribution in [3.8, 4) is 0 Å². The molecule has 0 amide bonds. The van der Waals surface area contributed by atoms with Crippen LogP contribution in [0, 0.1) is 0 Å². The van der Waals surface area contributed by atoms with Gasteiger partial charge in [-0.3, -0.25) is 9.13 Å². The molecule has 20 heavy (non-hydrogen) atoms. The van der Waals surface area contributed by atoms with Crippen LogP contribution >= 0.6 is 15.9 Å². The molecule has 2 atom stereocenters. The standard InChI is InChI=1S/C13H17BrN2O3S/c1-8(20(4,18)19)12(14)9-5-6-10-11(7-9)16(3)13(17)15(10)2/h5-8,12H,1-4H3. The predicted molar refractivity (Wildman–Crippen MR) is 84.1 cm³/mol. The Morgan fingerprint density at radius 1 is 1.15 bits per heavy atom. The first-order valence-electron chi connectivity index (χ1n) is 6.13. The molecule has 5 nitrogen and oxygen atoms in total. The van der Waals surface area contributed by atoms with Crippen LogP contribution in [0.1, 0.15) is 17.3 Å². The van der Waals surface area contributed by atoms with Crippen LogP contribution in [0.15, 0.2) is 23.0 Å². The van der Waals surface area contributed by atoms with E-state index in [1.54, 1.807) is 30.2 Å². The average Bonchev–Trinajstić information content (AvgIpc) is 2.61. The molecule has 2 unspecified atom stereocenters. The lowest BCUT2D eigenvalue weighted by molar-refractivity contribution is 0.588. The van der Waals surface area contributed by atoms with Gasteiger partial charge in [0.15, 0.2) is 9.84 Å². The van der Waals surface area contributed by atoms with Crippen LogP contribution in [-0.2, 0) is 23.9 Å². The van der Waals surface area contributed by atoms with Crippen LogP contribution in [0.3, 0.4) is 0 Å². The first-order valence-corrected chi connectivity index (χ1v) is 9.00. The third kappa shape index (κ3) is 2.44. The molecule has 110 valence electrons. The van der Waals surface area contributed by atoms with Crippen LogP contribution < -0.4 is 5.69 Å². The van der Waals surface area contributed by atoms with E-state index in [9.17, 15) is 13.2 Å². The number of imidazole rings is 1. The van der Waals surface area contributed by atoms with Gasteiger partial charge in [0.05, 0.1) is 21.1 Å². The molecule has 0 radical (unpaired) electrons. The number of aryl methyl sites for hydroxylation is 2. The van der Waals surface area contributed by atoms with Crippen LogP contribution in [0.2, 0.25) is 0 Å². The van der Waals surface area contributed by atoms with Gasteiger partial charge in [-0.05, 0) is 24.6 Å². The van der Waals surface area contributed by atoms with Gasteiger partial charge in [-0.25, -0.2) is 13.2 Å². The zero-order chi connectivity index (χ0) is 15.2. The van der Waals surface area contributed by atoms with Crippen LogP contribution in [0.4, 0.5) is 0 Å². The topological polar surface area (TPSA) is 61.1 Å². The number of rotatable bonds is 3. The van der Waals surface area contributed by atoms with Crippen LogP contribution in [0.5, 0.6) is 0 Å². The predicted octanol–water partition coefficient (Wildman–Crippen LogP) is 1.75. The van der Waals surface area contributed by atoms with Gasteiger partial charge in [0.25, 0.3) is 0 Å². The Balaban J connectivity index is 2.58. The Bertz CT molecular complexity index is 820. The van der Waals surface area contributed by atoms with E-state index in [1.807, 2.05) is 18.2 Å². The summed E-state index contributed by atoms with van der Waals surface area (Å²) in [5.74, 6) is 0. The van der Waals surface area contributed by atoms with E-state index >= 15 is 0 Å². The largest absolute Gasteiger partial charge is 0.328 e. The van der Waals surface area contributed by atoms with Crippen LogP contribution in [0.25, 0.3) is 11.0 Å². The van der Waals surface area contributed by atoms with Gasteiger partial charge in [0, 0.05) is 20.4 Å². The fourth-order valence-corrected chi connectivity index (χ4v) is 4.24. The summed E-state index contributed by atoms with van der Waals surface area (Å²) >= 11 is 3.45. The van der Waals surface area contributed by atoms with Gasteiger partial charge in [-0.15, -0.1) is 0 Å². The summed E-state index contributed by atoms with van der Waals surface area (Å²) < 4.78 is 26.4. The highest BCUT2D eigenvalue weighted by molar-refractivity contribution is 9.09. The zero-order valence-corrected chi connectivity index (χ0v) is 14.2. The van der Waals surface area contributed by atoms with Gasteiger partial charge >= 0.3 is 5.69 Å². The molecule has 0 saturated carbocycles. The molecule has 0 saturated heterocycles. The molecule has 1 aromatic heterocycles. The lowest BCUT2D eigenvalue weighted by Crippen LogP contribution is -2.21. The number of benzene rings is 1. The van der Waals surface area contributed by atoms with E-state index in [2.05, 4.69) is 15.9 Å². The number of aromatic nitrogens is 2. The quantitative estimate of drug-likeness (QED) is 0.783. The Morgan fingerprint density at radius 3 is 2.25 bits per heavy atom. The summed E-state index contributed by atoms with van der Waals surface area (Å²) in [6.07, 6.45) is 1.22. The third-order valence-electron chi connectivity index (χ3n) is 3.70. The van der Waals surface area contributed by atoms with Gasteiger partial charge in [0.2, 0.25) is 0 Å². The molecule has 0 bridgehead atoms. The number of nitrogens with zero attached hydrogens (tertiary/aromatic N) is 2. The lowest BCUT2D eigenvalue weighted by Gasteiger charge is -2.17. The molecule has 0 aliphatic carbocycles. The van der Waals surface area contributed by atoms with Crippen molar-refractivity contribution in [3.63, 3.8) is 0 Å². The summed E-state index contributed by atoms with van der Waals surface area (Å²) in [5, 5.41) is -0.541. The number of sulfone groups is 1. The molecule has 0 spiro atoms. The average molecular weight is 361 g/mol. The highest BCUT2D eigenvalue weighted by Gasteiger charge is 2.25.